The monoisotopic (exact) mass is 379 g/mol. The van der Waals surface area contributed by atoms with Crippen LogP contribution in [0.3, 0.4) is 0 Å². The van der Waals surface area contributed by atoms with Crippen LogP contribution >= 0.6 is 0 Å². The Balaban J connectivity index is 1.40. The average molecular weight is 379 g/mol. The summed E-state index contributed by atoms with van der Waals surface area (Å²) >= 11 is 0. The maximum atomic E-state index is 12.5. The predicted molar refractivity (Wildman–Crippen MR) is 99.1 cm³/mol. The van der Waals surface area contributed by atoms with Crippen LogP contribution < -0.4 is 10.2 Å². The van der Waals surface area contributed by atoms with Crippen LogP contribution in [0.1, 0.15) is 10.4 Å². The number of carbonyl (C=O) groups is 2. The topological polar surface area (TPSA) is 115 Å². The van der Waals surface area contributed by atoms with Gasteiger partial charge in [0.05, 0.1) is 24.3 Å². The van der Waals surface area contributed by atoms with Gasteiger partial charge in [-0.1, -0.05) is 12.1 Å². The molecule has 1 fully saturated rings. The lowest BCUT2D eigenvalue weighted by molar-refractivity contribution is -0.120. The van der Waals surface area contributed by atoms with Gasteiger partial charge in [-0.25, -0.2) is 24.4 Å². The number of aromatic nitrogens is 5. The highest BCUT2D eigenvalue weighted by molar-refractivity contribution is 6.02. The van der Waals surface area contributed by atoms with E-state index in [1.807, 2.05) is 4.90 Å². The van der Waals surface area contributed by atoms with Gasteiger partial charge in [-0.05, 0) is 12.1 Å². The van der Waals surface area contributed by atoms with Crippen molar-refractivity contribution in [3.8, 4) is 5.82 Å². The van der Waals surface area contributed by atoms with Crippen molar-refractivity contribution < 1.29 is 14.3 Å². The zero-order valence-electron chi connectivity index (χ0n) is 15.0. The van der Waals surface area contributed by atoms with Crippen molar-refractivity contribution in [1.82, 2.24) is 24.7 Å². The first kappa shape index (κ1) is 17.6. The molecule has 0 aliphatic carbocycles. The van der Waals surface area contributed by atoms with Crippen molar-refractivity contribution in [2.24, 2.45) is 5.92 Å². The van der Waals surface area contributed by atoms with Crippen molar-refractivity contribution in [2.75, 3.05) is 30.4 Å². The molecule has 10 heteroatoms. The molecule has 10 nitrogen and oxygen atoms in total. The molecule has 0 unspecified atom stereocenters. The number of hydrogen-bond donors (Lipinski definition) is 1. The van der Waals surface area contributed by atoms with Crippen molar-refractivity contribution in [2.45, 2.75) is 0 Å². The highest BCUT2D eigenvalue weighted by Crippen LogP contribution is 2.25. The van der Waals surface area contributed by atoms with E-state index in [0.29, 0.717) is 36.0 Å². The van der Waals surface area contributed by atoms with Crippen molar-refractivity contribution >= 4 is 23.4 Å². The van der Waals surface area contributed by atoms with E-state index in [2.05, 4.69) is 25.4 Å². The molecule has 1 amide bonds. The number of methoxy groups -OCH3 is 1. The van der Waals surface area contributed by atoms with E-state index < -0.39 is 5.97 Å². The smallest absolute Gasteiger partial charge is 0.339 e. The third kappa shape index (κ3) is 3.39. The summed E-state index contributed by atoms with van der Waals surface area (Å²) < 4.78 is 6.29. The third-order valence-corrected chi connectivity index (χ3v) is 4.46. The maximum Gasteiger partial charge on any atom is 0.339 e. The first-order valence-electron chi connectivity index (χ1n) is 8.56. The Kier molecular flexibility index (Phi) is 4.67. The van der Waals surface area contributed by atoms with Gasteiger partial charge in [0.2, 0.25) is 5.91 Å². The van der Waals surface area contributed by atoms with E-state index in [-0.39, 0.29) is 11.8 Å². The number of hydrogen-bond acceptors (Lipinski definition) is 8. The van der Waals surface area contributed by atoms with Gasteiger partial charge in [0, 0.05) is 19.2 Å². The molecule has 1 N–H and O–H groups in total. The number of esters is 1. The van der Waals surface area contributed by atoms with Crippen molar-refractivity contribution in [1.29, 1.82) is 0 Å². The van der Waals surface area contributed by atoms with Gasteiger partial charge in [-0.15, -0.1) is 0 Å². The average Bonchev–Trinajstić information content (AvgIpc) is 3.22. The zero-order chi connectivity index (χ0) is 19.5. The number of anilines is 2. The van der Waals surface area contributed by atoms with E-state index in [4.69, 9.17) is 4.74 Å². The fourth-order valence-electron chi connectivity index (χ4n) is 2.91. The second-order valence-electron chi connectivity index (χ2n) is 6.20. The molecule has 2 aromatic heterocycles. The van der Waals surface area contributed by atoms with Crippen LogP contribution in [0, 0.1) is 5.92 Å². The summed E-state index contributed by atoms with van der Waals surface area (Å²) in [5.74, 6) is 0.448. The summed E-state index contributed by atoms with van der Waals surface area (Å²) in [6.07, 6.45) is 4.43. The molecular formula is C18H17N7O3. The molecule has 0 saturated carbocycles. The Morgan fingerprint density at radius 1 is 1.14 bits per heavy atom. The molecule has 0 bridgehead atoms. The van der Waals surface area contributed by atoms with E-state index in [0.717, 1.165) is 0 Å². The summed E-state index contributed by atoms with van der Waals surface area (Å²) in [5, 5.41) is 6.86. The second-order valence-corrected chi connectivity index (χ2v) is 6.20. The first-order valence-corrected chi connectivity index (χ1v) is 8.56. The van der Waals surface area contributed by atoms with E-state index in [1.165, 1.54) is 19.8 Å². The first-order chi connectivity index (χ1) is 13.7. The van der Waals surface area contributed by atoms with Crippen LogP contribution in [0.25, 0.3) is 5.82 Å². The highest BCUT2D eigenvalue weighted by atomic mass is 16.5. The van der Waals surface area contributed by atoms with Gasteiger partial charge in [-0.3, -0.25) is 4.79 Å². The Morgan fingerprint density at radius 3 is 2.68 bits per heavy atom. The van der Waals surface area contributed by atoms with Gasteiger partial charge in [-0.2, -0.15) is 5.10 Å². The van der Waals surface area contributed by atoms with Gasteiger partial charge in [0.1, 0.15) is 24.8 Å². The maximum absolute atomic E-state index is 12.5. The lowest BCUT2D eigenvalue weighted by Crippen LogP contribution is -2.52. The number of para-hydroxylation sites is 1. The number of amides is 1. The van der Waals surface area contributed by atoms with Crippen LogP contribution in [0.4, 0.5) is 11.5 Å². The van der Waals surface area contributed by atoms with Gasteiger partial charge in [0.25, 0.3) is 0 Å². The Morgan fingerprint density at radius 2 is 1.93 bits per heavy atom. The SMILES string of the molecule is COC(=O)c1ccccc1NC(=O)C1CN(c2cc(-n3cncn3)ncn2)C1. The summed E-state index contributed by atoms with van der Waals surface area (Å²) in [7, 11) is 1.31. The molecule has 28 heavy (non-hydrogen) atoms. The number of nitrogens with one attached hydrogen (secondary N) is 1. The van der Waals surface area contributed by atoms with E-state index >= 15 is 0 Å². The number of nitrogens with zero attached hydrogens (tertiary/aromatic N) is 6. The van der Waals surface area contributed by atoms with Crippen LogP contribution in [-0.4, -0.2) is 56.8 Å². The van der Waals surface area contributed by atoms with Crippen molar-refractivity contribution in [3.63, 3.8) is 0 Å². The van der Waals surface area contributed by atoms with Crippen LogP contribution in [0.2, 0.25) is 0 Å². The zero-order valence-corrected chi connectivity index (χ0v) is 15.0. The standard InChI is InChI=1S/C18H17N7O3/c1-28-18(27)13-4-2-3-5-14(13)23-17(26)12-7-24(8-12)15-6-16(21-10-20-15)25-11-19-9-22-25/h2-6,9-12H,7-8H2,1H3,(H,23,26). The van der Waals surface area contributed by atoms with Crippen LogP contribution in [-0.2, 0) is 9.53 Å². The molecule has 0 atom stereocenters. The molecule has 4 rings (SSSR count). The van der Waals surface area contributed by atoms with Gasteiger partial charge >= 0.3 is 5.97 Å². The fraction of sp³-hybridized carbons (Fsp3) is 0.222. The largest absolute Gasteiger partial charge is 0.465 e. The van der Waals surface area contributed by atoms with E-state index in [1.54, 1.807) is 41.3 Å². The van der Waals surface area contributed by atoms with E-state index in [9.17, 15) is 9.59 Å². The normalized spacial score (nSPS) is 13.7. The third-order valence-electron chi connectivity index (χ3n) is 4.46. The number of rotatable bonds is 5. The van der Waals surface area contributed by atoms with Crippen LogP contribution in [0.5, 0.6) is 0 Å². The molecular weight excluding hydrogens is 362 g/mol. The molecule has 1 aliphatic rings. The molecule has 142 valence electrons. The molecule has 1 aromatic carbocycles. The molecule has 0 spiro atoms. The Bertz CT molecular complexity index is 1000. The lowest BCUT2D eigenvalue weighted by Gasteiger charge is -2.39. The summed E-state index contributed by atoms with van der Waals surface area (Å²) in [4.78, 5) is 38.7. The quantitative estimate of drug-likeness (QED) is 0.651. The van der Waals surface area contributed by atoms with Crippen molar-refractivity contribution in [3.05, 3.63) is 54.9 Å². The molecule has 0 radical (unpaired) electrons. The van der Waals surface area contributed by atoms with Crippen LogP contribution in [0.15, 0.2) is 49.3 Å². The number of benzene rings is 1. The Hall–Kier alpha value is -3.82. The molecule has 1 aliphatic heterocycles. The number of carbonyl (C=O) groups excluding carboxylic acids is 2. The minimum Gasteiger partial charge on any atom is -0.465 e. The molecule has 1 saturated heterocycles. The number of ether oxygens (including phenoxy) is 1. The van der Waals surface area contributed by atoms with Gasteiger partial charge in [0.15, 0.2) is 5.82 Å². The summed E-state index contributed by atoms with van der Waals surface area (Å²) in [6, 6.07) is 8.54. The minimum absolute atomic E-state index is 0.154. The molecule has 3 heterocycles. The fourth-order valence-corrected chi connectivity index (χ4v) is 2.91. The van der Waals surface area contributed by atoms with Gasteiger partial charge < -0.3 is 15.0 Å². The summed E-state index contributed by atoms with van der Waals surface area (Å²) in [5.41, 5.74) is 0.760. The minimum atomic E-state index is -0.493. The lowest BCUT2D eigenvalue weighted by atomic mass is 9.98. The Labute approximate surface area is 160 Å². The predicted octanol–water partition coefficient (Wildman–Crippen LogP) is 0.919. The summed E-state index contributed by atoms with van der Waals surface area (Å²) in [6.45, 7) is 1.03. The molecule has 3 aromatic rings. The second kappa shape index (κ2) is 7.43. The highest BCUT2D eigenvalue weighted by Gasteiger charge is 2.34.